The third-order valence-corrected chi connectivity index (χ3v) is 5.04. The topological polar surface area (TPSA) is 45.7 Å². The van der Waals surface area contributed by atoms with Crippen LogP contribution in [0, 0.1) is 5.92 Å². The molecule has 0 aromatic carbocycles. The van der Waals surface area contributed by atoms with Gasteiger partial charge in [-0.2, -0.15) is 0 Å². The van der Waals surface area contributed by atoms with E-state index >= 15 is 0 Å². The lowest BCUT2D eigenvalue weighted by atomic mass is 10.0. The molecule has 1 aromatic rings. The fraction of sp³-hybridized carbons (Fsp3) is 0.684. The van der Waals surface area contributed by atoms with Crippen molar-refractivity contribution in [2.45, 2.75) is 52.2 Å². The van der Waals surface area contributed by atoms with E-state index in [1.54, 1.807) is 6.20 Å². The van der Waals surface area contributed by atoms with Gasteiger partial charge in [0.2, 0.25) is 0 Å². The second-order valence-electron chi connectivity index (χ2n) is 7.40. The van der Waals surface area contributed by atoms with Crippen LogP contribution in [-0.4, -0.2) is 54.2 Å². The Morgan fingerprint density at radius 3 is 2.54 bits per heavy atom. The molecule has 3 heterocycles. The van der Waals surface area contributed by atoms with E-state index in [9.17, 15) is 4.79 Å². The van der Waals surface area contributed by atoms with E-state index in [1.807, 2.05) is 17.0 Å². The van der Waals surface area contributed by atoms with E-state index in [4.69, 9.17) is 4.74 Å². The number of hydrogen-bond donors (Lipinski definition) is 0. The lowest BCUT2D eigenvalue weighted by molar-refractivity contribution is -0.00546. The van der Waals surface area contributed by atoms with Crippen LogP contribution < -0.4 is 4.90 Å². The summed E-state index contributed by atoms with van der Waals surface area (Å²) in [5, 5.41) is 0. The molecule has 3 atom stereocenters. The number of aromatic nitrogens is 1. The van der Waals surface area contributed by atoms with E-state index < -0.39 is 0 Å². The lowest BCUT2D eigenvalue weighted by Crippen LogP contribution is -2.45. The van der Waals surface area contributed by atoms with Gasteiger partial charge in [0.15, 0.2) is 0 Å². The Morgan fingerprint density at radius 2 is 1.88 bits per heavy atom. The lowest BCUT2D eigenvalue weighted by Gasteiger charge is -2.36. The molecule has 0 N–H and O–H groups in total. The first-order valence-electron chi connectivity index (χ1n) is 9.18. The molecule has 3 unspecified atom stereocenters. The number of carbonyl (C=O) groups is 1. The number of nitrogens with zero attached hydrogens (tertiary/aromatic N) is 3. The summed E-state index contributed by atoms with van der Waals surface area (Å²) < 4.78 is 5.77. The van der Waals surface area contributed by atoms with Crippen LogP contribution in [0.4, 0.5) is 5.82 Å². The number of amides is 1. The molecule has 5 nitrogen and oxygen atoms in total. The predicted molar refractivity (Wildman–Crippen MR) is 95.4 cm³/mol. The molecule has 2 saturated heterocycles. The van der Waals surface area contributed by atoms with Crippen molar-refractivity contribution in [3.05, 3.63) is 23.9 Å². The highest BCUT2D eigenvalue weighted by molar-refractivity contribution is 5.94. The second kappa shape index (κ2) is 7.51. The highest BCUT2D eigenvalue weighted by Crippen LogP contribution is 2.21. The smallest absolute Gasteiger partial charge is 0.255 e. The van der Waals surface area contributed by atoms with Crippen molar-refractivity contribution >= 4 is 11.7 Å². The number of rotatable bonds is 2. The van der Waals surface area contributed by atoms with Crippen molar-refractivity contribution in [2.75, 3.05) is 31.1 Å². The molecule has 1 amide bonds. The summed E-state index contributed by atoms with van der Waals surface area (Å²) in [7, 11) is 0. The van der Waals surface area contributed by atoms with Crippen LogP contribution in [0.1, 0.15) is 50.4 Å². The summed E-state index contributed by atoms with van der Waals surface area (Å²) in [4.78, 5) is 21.5. The van der Waals surface area contributed by atoms with Gasteiger partial charge in [-0.15, -0.1) is 0 Å². The van der Waals surface area contributed by atoms with E-state index in [0.29, 0.717) is 11.5 Å². The van der Waals surface area contributed by atoms with E-state index in [0.717, 1.165) is 44.8 Å². The zero-order valence-corrected chi connectivity index (χ0v) is 15.1. The highest BCUT2D eigenvalue weighted by atomic mass is 16.5. The molecule has 2 aliphatic heterocycles. The van der Waals surface area contributed by atoms with Crippen molar-refractivity contribution in [3.63, 3.8) is 0 Å². The first kappa shape index (κ1) is 17.2. The molecule has 0 aliphatic carbocycles. The largest absolute Gasteiger partial charge is 0.372 e. The number of anilines is 1. The Balaban J connectivity index is 1.66. The van der Waals surface area contributed by atoms with Gasteiger partial charge < -0.3 is 14.5 Å². The average molecular weight is 331 g/mol. The number of pyridine rings is 1. The molecule has 0 bridgehead atoms. The summed E-state index contributed by atoms with van der Waals surface area (Å²) in [6.07, 6.45) is 5.56. The minimum absolute atomic E-state index is 0.117. The maximum Gasteiger partial charge on any atom is 0.255 e. The number of hydrogen-bond acceptors (Lipinski definition) is 4. The molecule has 1 aromatic heterocycles. The summed E-state index contributed by atoms with van der Waals surface area (Å²) in [5.41, 5.74) is 0.697. The van der Waals surface area contributed by atoms with Crippen molar-refractivity contribution in [3.8, 4) is 0 Å². The fourth-order valence-corrected chi connectivity index (χ4v) is 3.71. The van der Waals surface area contributed by atoms with Gasteiger partial charge in [0.05, 0.1) is 17.8 Å². The highest BCUT2D eigenvalue weighted by Gasteiger charge is 2.24. The van der Waals surface area contributed by atoms with Crippen LogP contribution in [0.15, 0.2) is 18.3 Å². The van der Waals surface area contributed by atoms with Crippen LogP contribution >= 0.6 is 0 Å². The van der Waals surface area contributed by atoms with Crippen molar-refractivity contribution < 1.29 is 9.53 Å². The number of ether oxygens (including phenoxy) is 1. The number of carbonyl (C=O) groups excluding carboxylic acids is 1. The first-order valence-corrected chi connectivity index (χ1v) is 9.18. The van der Waals surface area contributed by atoms with E-state index in [1.165, 1.54) is 6.42 Å². The minimum atomic E-state index is 0.117. The maximum atomic E-state index is 12.7. The zero-order chi connectivity index (χ0) is 17.1. The minimum Gasteiger partial charge on any atom is -0.372 e. The molecule has 0 radical (unpaired) electrons. The monoisotopic (exact) mass is 331 g/mol. The summed E-state index contributed by atoms with van der Waals surface area (Å²) in [6, 6.07) is 3.89. The number of likely N-dealkylation sites (tertiary alicyclic amines) is 1. The van der Waals surface area contributed by atoms with E-state index in [-0.39, 0.29) is 18.1 Å². The van der Waals surface area contributed by atoms with Crippen LogP contribution in [0.5, 0.6) is 0 Å². The molecule has 132 valence electrons. The molecule has 0 saturated carbocycles. The standard InChI is InChI=1S/C19H29N3O2/c1-14-5-4-9-21(10-8-14)19(23)17-6-7-18(20-11-17)22-12-15(2)24-16(3)13-22/h6-7,11,14-16H,4-5,8-10,12-13H2,1-3H3. The van der Waals surface area contributed by atoms with Crippen LogP contribution in [-0.2, 0) is 4.74 Å². The van der Waals surface area contributed by atoms with Gasteiger partial charge in [0.25, 0.3) is 5.91 Å². The van der Waals surface area contributed by atoms with E-state index in [2.05, 4.69) is 30.7 Å². The normalized spacial score (nSPS) is 28.5. The Morgan fingerprint density at radius 1 is 1.12 bits per heavy atom. The third kappa shape index (κ3) is 4.07. The molecule has 2 aliphatic rings. The van der Waals surface area contributed by atoms with Crippen LogP contribution in [0.25, 0.3) is 0 Å². The summed E-state index contributed by atoms with van der Waals surface area (Å²) >= 11 is 0. The maximum absolute atomic E-state index is 12.7. The quantitative estimate of drug-likeness (QED) is 0.836. The van der Waals surface area contributed by atoms with Crippen molar-refractivity contribution in [2.24, 2.45) is 5.92 Å². The van der Waals surface area contributed by atoms with Gasteiger partial charge in [0.1, 0.15) is 5.82 Å². The van der Waals surface area contributed by atoms with Gasteiger partial charge in [-0.05, 0) is 51.2 Å². The molecular weight excluding hydrogens is 302 g/mol. The second-order valence-corrected chi connectivity index (χ2v) is 7.40. The Kier molecular flexibility index (Phi) is 5.39. The summed E-state index contributed by atoms with van der Waals surface area (Å²) in [6.45, 7) is 9.85. The number of morpholine rings is 1. The zero-order valence-electron chi connectivity index (χ0n) is 15.1. The van der Waals surface area contributed by atoms with Crippen molar-refractivity contribution in [1.29, 1.82) is 0 Å². The Hall–Kier alpha value is -1.62. The first-order chi connectivity index (χ1) is 11.5. The molecule has 0 spiro atoms. The summed E-state index contributed by atoms with van der Waals surface area (Å²) in [5.74, 6) is 1.76. The average Bonchev–Trinajstić information content (AvgIpc) is 2.78. The fourth-order valence-electron chi connectivity index (χ4n) is 3.71. The third-order valence-electron chi connectivity index (χ3n) is 5.04. The molecule has 3 rings (SSSR count). The molecule has 5 heteroatoms. The van der Waals surface area contributed by atoms with Gasteiger partial charge >= 0.3 is 0 Å². The van der Waals surface area contributed by atoms with Crippen molar-refractivity contribution in [1.82, 2.24) is 9.88 Å². The Labute approximate surface area is 145 Å². The molecule has 2 fully saturated rings. The van der Waals surface area contributed by atoms with Gasteiger partial charge in [0, 0.05) is 32.4 Å². The Bertz CT molecular complexity index is 550. The molecular formula is C19H29N3O2. The SMILES string of the molecule is CC1CCCN(C(=O)c2ccc(N3CC(C)OC(C)C3)nc2)CC1. The van der Waals surface area contributed by atoms with Crippen LogP contribution in [0.2, 0.25) is 0 Å². The van der Waals surface area contributed by atoms with Crippen LogP contribution in [0.3, 0.4) is 0 Å². The predicted octanol–water partition coefficient (Wildman–Crippen LogP) is 2.96. The van der Waals surface area contributed by atoms with Gasteiger partial charge in [-0.1, -0.05) is 6.92 Å². The molecule has 24 heavy (non-hydrogen) atoms. The van der Waals surface area contributed by atoms with Gasteiger partial charge in [-0.3, -0.25) is 4.79 Å². The van der Waals surface area contributed by atoms with Gasteiger partial charge in [-0.25, -0.2) is 4.98 Å².